The Labute approximate surface area is 173 Å². The predicted molar refractivity (Wildman–Crippen MR) is 112 cm³/mol. The number of benzene rings is 2. The summed E-state index contributed by atoms with van der Waals surface area (Å²) in [6.07, 6.45) is 3.64. The van der Waals surface area contributed by atoms with E-state index in [1.807, 2.05) is 30.3 Å². The SMILES string of the molecule is CC(OC(=O)/C=C/c1cccc2cccnc12)C(=O)Nc1ccc2c(c1)OCCO2. The Morgan fingerprint density at radius 1 is 1.10 bits per heavy atom. The maximum atomic E-state index is 12.4. The van der Waals surface area contributed by atoms with Crippen LogP contribution in [0.4, 0.5) is 5.69 Å². The molecule has 0 saturated carbocycles. The van der Waals surface area contributed by atoms with Crippen LogP contribution in [0.3, 0.4) is 0 Å². The molecule has 1 aromatic heterocycles. The van der Waals surface area contributed by atoms with E-state index in [9.17, 15) is 9.59 Å². The first-order valence-electron chi connectivity index (χ1n) is 9.53. The topological polar surface area (TPSA) is 86.8 Å². The molecule has 1 aliphatic heterocycles. The van der Waals surface area contributed by atoms with Crippen molar-refractivity contribution in [2.24, 2.45) is 0 Å². The molecule has 7 heteroatoms. The molecule has 2 aromatic carbocycles. The summed E-state index contributed by atoms with van der Waals surface area (Å²) in [7, 11) is 0. The highest BCUT2D eigenvalue weighted by Crippen LogP contribution is 2.32. The highest BCUT2D eigenvalue weighted by molar-refractivity contribution is 5.97. The quantitative estimate of drug-likeness (QED) is 0.517. The molecular formula is C23H20N2O5. The number of ether oxygens (including phenoxy) is 3. The van der Waals surface area contributed by atoms with E-state index in [1.54, 1.807) is 30.5 Å². The van der Waals surface area contributed by atoms with Gasteiger partial charge in [0.25, 0.3) is 5.91 Å². The lowest BCUT2D eigenvalue weighted by Gasteiger charge is -2.19. The number of aromatic nitrogens is 1. The number of carbonyl (C=O) groups excluding carboxylic acids is 2. The van der Waals surface area contributed by atoms with Crippen LogP contribution in [0.25, 0.3) is 17.0 Å². The number of nitrogens with zero attached hydrogens (tertiary/aromatic N) is 1. The van der Waals surface area contributed by atoms with Gasteiger partial charge in [-0.2, -0.15) is 0 Å². The third kappa shape index (κ3) is 4.41. The number of hydrogen-bond acceptors (Lipinski definition) is 6. The molecule has 1 amide bonds. The van der Waals surface area contributed by atoms with Gasteiger partial charge in [0.05, 0.1) is 5.52 Å². The van der Waals surface area contributed by atoms with E-state index in [4.69, 9.17) is 14.2 Å². The van der Waals surface area contributed by atoms with E-state index in [0.717, 1.165) is 16.5 Å². The van der Waals surface area contributed by atoms with Crippen LogP contribution >= 0.6 is 0 Å². The molecule has 0 saturated heterocycles. The van der Waals surface area contributed by atoms with Crippen LogP contribution in [0, 0.1) is 0 Å². The first-order valence-corrected chi connectivity index (χ1v) is 9.53. The average Bonchev–Trinajstić information content (AvgIpc) is 2.77. The Kier molecular flexibility index (Phi) is 5.61. The van der Waals surface area contributed by atoms with Crippen molar-refractivity contribution in [3.8, 4) is 11.5 Å². The van der Waals surface area contributed by atoms with Gasteiger partial charge in [-0.25, -0.2) is 4.79 Å². The third-order valence-electron chi connectivity index (χ3n) is 4.53. The molecule has 3 aromatic rings. The van der Waals surface area contributed by atoms with Crippen LogP contribution in [0.1, 0.15) is 12.5 Å². The van der Waals surface area contributed by atoms with E-state index in [0.29, 0.717) is 30.4 Å². The number of fused-ring (bicyclic) bond motifs is 2. The molecule has 0 fully saturated rings. The van der Waals surface area contributed by atoms with E-state index in [2.05, 4.69) is 10.3 Å². The van der Waals surface area contributed by atoms with E-state index in [-0.39, 0.29) is 0 Å². The minimum atomic E-state index is -0.971. The number of rotatable bonds is 5. The summed E-state index contributed by atoms with van der Waals surface area (Å²) in [6, 6.07) is 14.6. The fourth-order valence-electron chi connectivity index (χ4n) is 3.05. The number of nitrogens with one attached hydrogen (secondary N) is 1. The van der Waals surface area contributed by atoms with Gasteiger partial charge in [0.2, 0.25) is 0 Å². The van der Waals surface area contributed by atoms with Crippen LogP contribution in [0.2, 0.25) is 0 Å². The van der Waals surface area contributed by atoms with Gasteiger partial charge in [0.15, 0.2) is 17.6 Å². The number of hydrogen-bond donors (Lipinski definition) is 1. The molecule has 1 N–H and O–H groups in total. The molecule has 1 unspecified atom stereocenters. The Bertz CT molecular complexity index is 1120. The van der Waals surface area contributed by atoms with E-state index >= 15 is 0 Å². The molecule has 7 nitrogen and oxygen atoms in total. The van der Waals surface area contributed by atoms with Gasteiger partial charge < -0.3 is 19.5 Å². The zero-order valence-corrected chi connectivity index (χ0v) is 16.3. The summed E-state index contributed by atoms with van der Waals surface area (Å²) >= 11 is 0. The minimum Gasteiger partial charge on any atom is -0.486 e. The average molecular weight is 404 g/mol. The summed E-state index contributed by atoms with van der Waals surface area (Å²) in [5.41, 5.74) is 2.11. The van der Waals surface area contributed by atoms with Crippen molar-refractivity contribution in [1.29, 1.82) is 0 Å². The Morgan fingerprint density at radius 2 is 1.90 bits per heavy atom. The lowest BCUT2D eigenvalue weighted by atomic mass is 10.1. The second kappa shape index (κ2) is 8.65. The first kappa shape index (κ1) is 19.4. The van der Waals surface area contributed by atoms with Crippen LogP contribution in [0.15, 0.2) is 60.8 Å². The van der Waals surface area contributed by atoms with Crippen molar-refractivity contribution in [1.82, 2.24) is 4.98 Å². The normalized spacial score (nSPS) is 13.8. The summed E-state index contributed by atoms with van der Waals surface area (Å²) in [5, 5.41) is 3.68. The van der Waals surface area contributed by atoms with Crippen molar-refractivity contribution >= 4 is 34.5 Å². The Balaban J connectivity index is 1.37. The second-order valence-electron chi connectivity index (χ2n) is 6.68. The smallest absolute Gasteiger partial charge is 0.331 e. The van der Waals surface area contributed by atoms with Gasteiger partial charge in [-0.15, -0.1) is 0 Å². The van der Waals surface area contributed by atoms with Gasteiger partial charge >= 0.3 is 5.97 Å². The number of anilines is 1. The minimum absolute atomic E-state index is 0.444. The number of amides is 1. The highest BCUT2D eigenvalue weighted by Gasteiger charge is 2.18. The number of esters is 1. The number of para-hydroxylation sites is 1. The van der Waals surface area contributed by atoms with Gasteiger partial charge in [0, 0.05) is 35.0 Å². The van der Waals surface area contributed by atoms with Crippen molar-refractivity contribution in [2.45, 2.75) is 13.0 Å². The first-order chi connectivity index (χ1) is 14.6. The maximum absolute atomic E-state index is 12.4. The molecular weight excluding hydrogens is 384 g/mol. The van der Waals surface area contributed by atoms with Crippen LogP contribution in [-0.4, -0.2) is 36.2 Å². The molecule has 1 aliphatic rings. The number of carbonyl (C=O) groups is 2. The molecule has 0 bridgehead atoms. The third-order valence-corrected chi connectivity index (χ3v) is 4.53. The molecule has 0 aliphatic carbocycles. The largest absolute Gasteiger partial charge is 0.486 e. The molecule has 1 atom stereocenters. The lowest BCUT2D eigenvalue weighted by molar-refractivity contribution is -0.148. The maximum Gasteiger partial charge on any atom is 0.331 e. The monoisotopic (exact) mass is 404 g/mol. The summed E-state index contributed by atoms with van der Waals surface area (Å²) in [6.45, 7) is 2.46. The van der Waals surface area contributed by atoms with Gasteiger partial charge in [-0.05, 0) is 31.2 Å². The standard InChI is InChI=1S/C23H20N2O5/c1-15(23(27)25-18-8-9-19-20(14-18)29-13-12-28-19)30-21(26)10-7-17-5-2-4-16-6-3-11-24-22(16)17/h2-11,14-15H,12-13H2,1H3,(H,25,27)/b10-7+. The van der Waals surface area contributed by atoms with Gasteiger partial charge in [0.1, 0.15) is 13.2 Å². The molecule has 4 rings (SSSR count). The molecule has 2 heterocycles. The zero-order chi connectivity index (χ0) is 20.9. The number of pyridine rings is 1. The molecule has 0 spiro atoms. The van der Waals surface area contributed by atoms with E-state index < -0.39 is 18.0 Å². The Morgan fingerprint density at radius 3 is 2.77 bits per heavy atom. The van der Waals surface area contributed by atoms with Gasteiger partial charge in [-0.1, -0.05) is 24.3 Å². The molecule has 0 radical (unpaired) electrons. The fraction of sp³-hybridized carbons (Fsp3) is 0.174. The fourth-order valence-corrected chi connectivity index (χ4v) is 3.05. The Hall–Kier alpha value is -3.87. The molecule has 30 heavy (non-hydrogen) atoms. The summed E-state index contributed by atoms with van der Waals surface area (Å²) < 4.78 is 16.2. The predicted octanol–water partition coefficient (Wildman–Crippen LogP) is 3.59. The van der Waals surface area contributed by atoms with E-state index in [1.165, 1.54) is 13.0 Å². The van der Waals surface area contributed by atoms with Gasteiger partial charge in [-0.3, -0.25) is 9.78 Å². The van der Waals surface area contributed by atoms with Crippen LogP contribution < -0.4 is 14.8 Å². The van der Waals surface area contributed by atoms with Crippen LogP contribution in [0.5, 0.6) is 11.5 Å². The molecule has 152 valence electrons. The van der Waals surface area contributed by atoms with Crippen molar-refractivity contribution in [2.75, 3.05) is 18.5 Å². The summed E-state index contributed by atoms with van der Waals surface area (Å²) in [5.74, 6) is 0.134. The summed E-state index contributed by atoms with van der Waals surface area (Å²) in [4.78, 5) is 28.9. The second-order valence-corrected chi connectivity index (χ2v) is 6.68. The van der Waals surface area contributed by atoms with Crippen molar-refractivity contribution < 1.29 is 23.8 Å². The van der Waals surface area contributed by atoms with Crippen molar-refractivity contribution in [3.63, 3.8) is 0 Å². The van der Waals surface area contributed by atoms with Crippen molar-refractivity contribution in [3.05, 3.63) is 66.4 Å². The zero-order valence-electron chi connectivity index (χ0n) is 16.3. The lowest BCUT2D eigenvalue weighted by Crippen LogP contribution is -2.29. The highest BCUT2D eigenvalue weighted by atomic mass is 16.6. The van der Waals surface area contributed by atoms with Crippen LogP contribution in [-0.2, 0) is 14.3 Å².